The van der Waals surface area contributed by atoms with Crippen molar-refractivity contribution in [3.05, 3.63) is 72.0 Å². The van der Waals surface area contributed by atoms with Crippen molar-refractivity contribution in [2.24, 2.45) is 5.14 Å². The Labute approximate surface area is 174 Å². The van der Waals surface area contributed by atoms with Gasteiger partial charge in [0.2, 0.25) is 15.9 Å². The Kier molecular flexibility index (Phi) is 6.33. The highest BCUT2D eigenvalue weighted by Crippen LogP contribution is 2.23. The minimum absolute atomic E-state index is 0.0216. The van der Waals surface area contributed by atoms with Gasteiger partial charge in [0.15, 0.2) is 11.7 Å². The summed E-state index contributed by atoms with van der Waals surface area (Å²) < 4.78 is 41.4. The van der Waals surface area contributed by atoms with E-state index in [1.54, 1.807) is 42.4 Å². The van der Waals surface area contributed by atoms with Crippen LogP contribution in [-0.2, 0) is 21.2 Å². The van der Waals surface area contributed by atoms with E-state index in [9.17, 15) is 17.6 Å². The third-order valence-electron chi connectivity index (χ3n) is 4.90. The number of nitrogens with two attached hydrogens (primary N) is 1. The number of carbonyl (C=O) groups excluding carboxylic acids is 1. The Balaban J connectivity index is 1.60. The topological polar surface area (TPSA) is 106 Å². The van der Waals surface area contributed by atoms with Crippen molar-refractivity contribution in [2.45, 2.75) is 30.7 Å². The van der Waals surface area contributed by atoms with Crippen molar-refractivity contribution < 1.29 is 22.0 Å². The van der Waals surface area contributed by atoms with Crippen LogP contribution in [-0.4, -0.2) is 31.3 Å². The Morgan fingerprint density at radius 1 is 1.17 bits per heavy atom. The third-order valence-corrected chi connectivity index (χ3v) is 5.83. The molecule has 0 spiro atoms. The Morgan fingerprint density at radius 3 is 2.40 bits per heavy atom. The fourth-order valence-electron chi connectivity index (χ4n) is 2.94. The van der Waals surface area contributed by atoms with E-state index in [1.807, 2.05) is 6.92 Å². The summed E-state index contributed by atoms with van der Waals surface area (Å²) in [5.41, 5.74) is 1.49. The van der Waals surface area contributed by atoms with Crippen molar-refractivity contribution in [3.63, 3.8) is 0 Å². The maximum absolute atomic E-state index is 13.0. The number of rotatable bonds is 7. The summed E-state index contributed by atoms with van der Waals surface area (Å²) in [6.07, 6.45) is 2.06. The van der Waals surface area contributed by atoms with Gasteiger partial charge in [-0.05, 0) is 48.9 Å². The largest absolute Gasteiger partial charge is 0.441 e. The van der Waals surface area contributed by atoms with Crippen molar-refractivity contribution in [1.29, 1.82) is 0 Å². The summed E-state index contributed by atoms with van der Waals surface area (Å²) in [6.45, 7) is 1.85. The smallest absolute Gasteiger partial charge is 0.238 e. The van der Waals surface area contributed by atoms with Crippen LogP contribution in [0.1, 0.15) is 30.8 Å². The van der Waals surface area contributed by atoms with Crippen LogP contribution in [0.15, 0.2) is 64.0 Å². The second-order valence-electron chi connectivity index (χ2n) is 6.92. The van der Waals surface area contributed by atoms with Crippen molar-refractivity contribution in [3.8, 4) is 11.3 Å². The van der Waals surface area contributed by atoms with E-state index in [0.717, 1.165) is 5.56 Å². The van der Waals surface area contributed by atoms with Crippen LogP contribution < -0.4 is 5.14 Å². The van der Waals surface area contributed by atoms with Crippen LogP contribution >= 0.6 is 0 Å². The number of aryl methyl sites for hydroxylation is 1. The summed E-state index contributed by atoms with van der Waals surface area (Å²) in [4.78, 5) is 18.4. The molecule has 1 aromatic heterocycles. The fourth-order valence-corrected chi connectivity index (χ4v) is 3.45. The summed E-state index contributed by atoms with van der Waals surface area (Å²) in [6, 6.07) is 11.7. The van der Waals surface area contributed by atoms with Crippen molar-refractivity contribution in [2.75, 3.05) is 7.05 Å². The lowest BCUT2D eigenvalue weighted by molar-refractivity contribution is -0.131. The summed E-state index contributed by atoms with van der Waals surface area (Å²) in [7, 11) is -2.08. The summed E-state index contributed by atoms with van der Waals surface area (Å²) in [5.74, 6) is 0.482. The molecule has 3 aromatic rings. The molecule has 0 saturated heterocycles. The highest BCUT2D eigenvalue weighted by molar-refractivity contribution is 7.89. The molecule has 30 heavy (non-hydrogen) atoms. The van der Waals surface area contributed by atoms with Crippen LogP contribution in [0.4, 0.5) is 4.39 Å². The van der Waals surface area contributed by atoms with Crippen LogP contribution in [0, 0.1) is 5.82 Å². The molecule has 0 fully saturated rings. The first-order valence-electron chi connectivity index (χ1n) is 9.24. The van der Waals surface area contributed by atoms with Gasteiger partial charge in [-0.25, -0.2) is 22.9 Å². The van der Waals surface area contributed by atoms with Crippen LogP contribution in [0.25, 0.3) is 11.3 Å². The number of benzene rings is 2. The SMILES string of the molecule is CC(c1ccc(S(N)(=O)=O)cc1)N(C)C(=O)CCc1ncc(-c2ccc(F)cc2)o1. The molecule has 7 nitrogen and oxygen atoms in total. The van der Waals surface area contributed by atoms with E-state index < -0.39 is 10.0 Å². The molecule has 1 heterocycles. The van der Waals surface area contributed by atoms with Gasteiger partial charge in [-0.15, -0.1) is 0 Å². The van der Waals surface area contributed by atoms with E-state index in [2.05, 4.69) is 4.98 Å². The summed E-state index contributed by atoms with van der Waals surface area (Å²) in [5, 5.41) is 5.11. The average molecular weight is 431 g/mol. The first-order valence-corrected chi connectivity index (χ1v) is 10.8. The Morgan fingerprint density at radius 2 is 1.80 bits per heavy atom. The van der Waals surface area contributed by atoms with Gasteiger partial charge >= 0.3 is 0 Å². The second-order valence-corrected chi connectivity index (χ2v) is 8.48. The molecular formula is C21H22FN3O4S. The molecule has 0 radical (unpaired) electrons. The van der Waals surface area contributed by atoms with Crippen molar-refractivity contribution >= 4 is 15.9 Å². The lowest BCUT2D eigenvalue weighted by Crippen LogP contribution is -2.29. The molecule has 1 amide bonds. The molecule has 3 rings (SSSR count). The lowest BCUT2D eigenvalue weighted by atomic mass is 10.1. The molecule has 1 unspecified atom stereocenters. The summed E-state index contributed by atoms with van der Waals surface area (Å²) >= 11 is 0. The number of nitrogens with zero attached hydrogens (tertiary/aromatic N) is 2. The Bertz CT molecular complexity index is 1130. The number of carbonyl (C=O) groups is 1. The number of sulfonamides is 1. The maximum Gasteiger partial charge on any atom is 0.238 e. The molecule has 1 atom stereocenters. The number of primary sulfonamides is 1. The molecule has 0 aliphatic heterocycles. The molecule has 0 aliphatic carbocycles. The van der Waals surface area contributed by atoms with Gasteiger partial charge in [-0.3, -0.25) is 4.79 Å². The maximum atomic E-state index is 13.0. The van der Waals surface area contributed by atoms with E-state index >= 15 is 0 Å². The van der Waals surface area contributed by atoms with E-state index in [1.165, 1.54) is 24.3 Å². The molecule has 0 saturated carbocycles. The fraction of sp³-hybridized carbons (Fsp3) is 0.238. The number of oxazole rings is 1. The number of hydrogen-bond acceptors (Lipinski definition) is 5. The van der Waals surface area contributed by atoms with Crippen LogP contribution in [0.5, 0.6) is 0 Å². The molecule has 0 bridgehead atoms. The van der Waals surface area contributed by atoms with Crippen molar-refractivity contribution in [1.82, 2.24) is 9.88 Å². The molecule has 158 valence electrons. The quantitative estimate of drug-likeness (QED) is 0.618. The normalized spacial score (nSPS) is 12.5. The molecule has 2 N–H and O–H groups in total. The number of halogens is 1. The van der Waals surface area contributed by atoms with Gasteiger partial charge in [-0.1, -0.05) is 12.1 Å². The van der Waals surface area contributed by atoms with E-state index in [0.29, 0.717) is 23.6 Å². The molecule has 2 aromatic carbocycles. The zero-order chi connectivity index (χ0) is 21.9. The molecular weight excluding hydrogens is 409 g/mol. The zero-order valence-corrected chi connectivity index (χ0v) is 17.4. The predicted molar refractivity (Wildman–Crippen MR) is 109 cm³/mol. The number of hydrogen-bond donors (Lipinski definition) is 1. The van der Waals surface area contributed by atoms with E-state index in [-0.39, 0.29) is 29.1 Å². The first kappa shape index (κ1) is 21.7. The minimum atomic E-state index is -3.76. The predicted octanol–water partition coefficient (Wildman–Crippen LogP) is 3.28. The number of aromatic nitrogens is 1. The Hall–Kier alpha value is -3.04. The lowest BCUT2D eigenvalue weighted by Gasteiger charge is -2.25. The van der Waals surface area contributed by atoms with Crippen LogP contribution in [0.3, 0.4) is 0 Å². The van der Waals surface area contributed by atoms with Gasteiger partial charge in [0, 0.05) is 25.5 Å². The van der Waals surface area contributed by atoms with Gasteiger partial charge < -0.3 is 9.32 Å². The average Bonchev–Trinajstić information content (AvgIpc) is 3.20. The van der Waals surface area contributed by atoms with Gasteiger partial charge in [-0.2, -0.15) is 0 Å². The standard InChI is InChI=1S/C21H22FN3O4S/c1-14(15-5-9-18(10-6-15)30(23,27)28)25(2)21(26)12-11-20-24-13-19(29-20)16-3-7-17(22)8-4-16/h3-10,13-14H,11-12H2,1-2H3,(H2,23,27,28). The molecule has 9 heteroatoms. The highest BCUT2D eigenvalue weighted by Gasteiger charge is 2.19. The minimum Gasteiger partial charge on any atom is -0.441 e. The third kappa shape index (κ3) is 5.11. The molecule has 0 aliphatic rings. The van der Waals surface area contributed by atoms with Crippen LogP contribution in [0.2, 0.25) is 0 Å². The second kappa shape index (κ2) is 8.76. The van der Waals surface area contributed by atoms with Gasteiger partial charge in [0.05, 0.1) is 17.1 Å². The van der Waals surface area contributed by atoms with Gasteiger partial charge in [0.1, 0.15) is 5.82 Å². The first-order chi connectivity index (χ1) is 14.1. The monoisotopic (exact) mass is 431 g/mol. The van der Waals surface area contributed by atoms with Gasteiger partial charge in [0.25, 0.3) is 0 Å². The highest BCUT2D eigenvalue weighted by atomic mass is 32.2. The number of amides is 1. The zero-order valence-electron chi connectivity index (χ0n) is 16.6. The van der Waals surface area contributed by atoms with E-state index in [4.69, 9.17) is 9.56 Å².